The van der Waals surface area contributed by atoms with Crippen LogP contribution in [0, 0.1) is 0 Å². The zero-order chi connectivity index (χ0) is 16.9. The number of hydrogen-bond acceptors (Lipinski definition) is 3. The first-order valence-corrected chi connectivity index (χ1v) is 7.73. The second kappa shape index (κ2) is 7.00. The number of carbonyl (C=O) groups excluding carboxylic acids is 2. The number of para-hydroxylation sites is 2. The third-order valence-corrected chi connectivity index (χ3v) is 3.70. The molecule has 0 aliphatic rings. The first kappa shape index (κ1) is 15.8. The Morgan fingerprint density at radius 3 is 2.54 bits per heavy atom. The lowest BCUT2D eigenvalue weighted by atomic mass is 10.2. The van der Waals surface area contributed by atoms with Gasteiger partial charge in [0.1, 0.15) is 6.54 Å². The first-order valence-electron chi connectivity index (χ1n) is 7.73. The molecule has 0 fully saturated rings. The lowest BCUT2D eigenvalue weighted by Gasteiger charge is -2.14. The summed E-state index contributed by atoms with van der Waals surface area (Å²) >= 11 is 0. The van der Waals surface area contributed by atoms with E-state index in [2.05, 4.69) is 5.32 Å². The molecule has 1 amide bonds. The van der Waals surface area contributed by atoms with Crippen molar-refractivity contribution in [1.29, 1.82) is 0 Å². The Kier molecular flexibility index (Phi) is 4.61. The Morgan fingerprint density at radius 1 is 1.04 bits per heavy atom. The van der Waals surface area contributed by atoms with Crippen LogP contribution in [-0.2, 0) is 20.9 Å². The second-order valence-electron chi connectivity index (χ2n) is 5.49. The summed E-state index contributed by atoms with van der Waals surface area (Å²) < 4.78 is 7.04. The van der Waals surface area contributed by atoms with Crippen molar-refractivity contribution in [3.8, 4) is 0 Å². The van der Waals surface area contributed by atoms with E-state index in [-0.39, 0.29) is 12.5 Å². The number of fused-ring (bicyclic) bond motifs is 1. The number of anilines is 1. The molecule has 1 heterocycles. The molecular formula is C19H18N2O3. The highest BCUT2D eigenvalue weighted by molar-refractivity contribution is 5.95. The van der Waals surface area contributed by atoms with E-state index in [1.165, 1.54) is 0 Å². The van der Waals surface area contributed by atoms with Gasteiger partial charge in [-0.2, -0.15) is 0 Å². The monoisotopic (exact) mass is 322 g/mol. The summed E-state index contributed by atoms with van der Waals surface area (Å²) in [5.41, 5.74) is 1.62. The fourth-order valence-electron chi connectivity index (χ4n) is 2.47. The third-order valence-electron chi connectivity index (χ3n) is 3.70. The lowest BCUT2D eigenvalue weighted by Crippen LogP contribution is -2.31. The highest BCUT2D eigenvalue weighted by atomic mass is 16.5. The Bertz CT molecular complexity index is 855. The van der Waals surface area contributed by atoms with E-state index >= 15 is 0 Å². The summed E-state index contributed by atoms with van der Waals surface area (Å²) in [5.74, 6) is -0.807. The van der Waals surface area contributed by atoms with Crippen LogP contribution in [-0.4, -0.2) is 22.5 Å². The smallest absolute Gasteiger partial charge is 0.326 e. The molecule has 0 aliphatic heterocycles. The van der Waals surface area contributed by atoms with E-state index < -0.39 is 12.1 Å². The molecule has 0 saturated carbocycles. The predicted molar refractivity (Wildman–Crippen MR) is 92.6 cm³/mol. The molecule has 3 rings (SSSR count). The van der Waals surface area contributed by atoms with Gasteiger partial charge in [0.15, 0.2) is 6.10 Å². The Balaban J connectivity index is 1.59. The summed E-state index contributed by atoms with van der Waals surface area (Å²) in [6.45, 7) is 1.63. The van der Waals surface area contributed by atoms with Gasteiger partial charge in [0.25, 0.3) is 5.91 Å². The molecule has 5 heteroatoms. The minimum atomic E-state index is -0.862. The Morgan fingerprint density at radius 2 is 1.75 bits per heavy atom. The summed E-state index contributed by atoms with van der Waals surface area (Å²) in [4.78, 5) is 24.2. The molecule has 0 saturated heterocycles. The number of amides is 1. The highest BCUT2D eigenvalue weighted by Crippen LogP contribution is 2.15. The maximum atomic E-state index is 12.1. The molecule has 0 spiro atoms. The van der Waals surface area contributed by atoms with Gasteiger partial charge in [-0.15, -0.1) is 0 Å². The topological polar surface area (TPSA) is 60.3 Å². The Labute approximate surface area is 139 Å². The number of esters is 1. The van der Waals surface area contributed by atoms with Gasteiger partial charge < -0.3 is 14.6 Å². The van der Waals surface area contributed by atoms with E-state index in [9.17, 15) is 9.59 Å². The van der Waals surface area contributed by atoms with Crippen molar-refractivity contribution in [2.45, 2.75) is 19.6 Å². The van der Waals surface area contributed by atoms with Crippen LogP contribution >= 0.6 is 0 Å². The summed E-state index contributed by atoms with van der Waals surface area (Å²) in [5, 5.41) is 3.77. The number of aromatic nitrogens is 1. The van der Waals surface area contributed by atoms with Gasteiger partial charge >= 0.3 is 5.97 Å². The van der Waals surface area contributed by atoms with Gasteiger partial charge in [-0.1, -0.05) is 36.4 Å². The van der Waals surface area contributed by atoms with Gasteiger partial charge in [-0.3, -0.25) is 9.59 Å². The minimum absolute atomic E-state index is 0.0659. The van der Waals surface area contributed by atoms with Crippen LogP contribution in [0.3, 0.4) is 0 Å². The minimum Gasteiger partial charge on any atom is -0.451 e. The first-order chi connectivity index (χ1) is 11.6. The van der Waals surface area contributed by atoms with Crippen molar-refractivity contribution in [2.24, 2.45) is 0 Å². The fourth-order valence-corrected chi connectivity index (χ4v) is 2.47. The van der Waals surface area contributed by atoms with Crippen molar-refractivity contribution < 1.29 is 14.3 Å². The molecule has 1 unspecified atom stereocenters. The van der Waals surface area contributed by atoms with Crippen LogP contribution < -0.4 is 5.32 Å². The SMILES string of the molecule is CC(OC(=O)Cn1ccc2ccccc21)C(=O)Nc1ccccc1. The molecule has 5 nitrogen and oxygen atoms in total. The van der Waals surface area contributed by atoms with Gasteiger partial charge in [0.05, 0.1) is 0 Å². The molecule has 1 atom stereocenters. The maximum Gasteiger partial charge on any atom is 0.326 e. The van der Waals surface area contributed by atoms with Crippen molar-refractivity contribution in [1.82, 2.24) is 4.57 Å². The molecular weight excluding hydrogens is 304 g/mol. The summed E-state index contributed by atoms with van der Waals surface area (Å²) in [7, 11) is 0. The molecule has 24 heavy (non-hydrogen) atoms. The predicted octanol–water partition coefficient (Wildman–Crippen LogP) is 3.21. The number of benzene rings is 2. The fraction of sp³-hybridized carbons (Fsp3) is 0.158. The van der Waals surface area contributed by atoms with Crippen molar-refractivity contribution >= 4 is 28.5 Å². The van der Waals surface area contributed by atoms with Crippen LogP contribution in [0.25, 0.3) is 10.9 Å². The largest absolute Gasteiger partial charge is 0.451 e. The maximum absolute atomic E-state index is 12.1. The number of carbonyl (C=O) groups is 2. The van der Waals surface area contributed by atoms with Crippen LogP contribution in [0.1, 0.15) is 6.92 Å². The average Bonchev–Trinajstić information content (AvgIpc) is 2.99. The van der Waals surface area contributed by atoms with Crippen LogP contribution in [0.2, 0.25) is 0 Å². The number of rotatable bonds is 5. The molecule has 0 aliphatic carbocycles. The Hall–Kier alpha value is -3.08. The van der Waals surface area contributed by atoms with Gasteiger partial charge in [0, 0.05) is 17.4 Å². The van der Waals surface area contributed by atoms with Crippen molar-refractivity contribution in [3.63, 3.8) is 0 Å². The number of nitrogens with zero attached hydrogens (tertiary/aromatic N) is 1. The number of hydrogen-bond donors (Lipinski definition) is 1. The second-order valence-corrected chi connectivity index (χ2v) is 5.49. The van der Waals surface area contributed by atoms with E-state index in [1.54, 1.807) is 23.6 Å². The molecule has 122 valence electrons. The normalized spacial score (nSPS) is 11.9. The average molecular weight is 322 g/mol. The van der Waals surface area contributed by atoms with E-state index in [0.717, 1.165) is 10.9 Å². The van der Waals surface area contributed by atoms with Gasteiger partial charge in [-0.05, 0) is 36.6 Å². The van der Waals surface area contributed by atoms with E-state index in [4.69, 9.17) is 4.74 Å². The standard InChI is InChI=1S/C19H18N2O3/c1-14(19(23)20-16-8-3-2-4-9-16)24-18(22)13-21-12-11-15-7-5-6-10-17(15)21/h2-12,14H,13H2,1H3,(H,20,23). The third kappa shape index (κ3) is 3.63. The van der Waals surface area contributed by atoms with Crippen LogP contribution in [0.15, 0.2) is 66.9 Å². The van der Waals surface area contributed by atoms with E-state index in [1.807, 2.05) is 54.7 Å². The van der Waals surface area contributed by atoms with Crippen LogP contribution in [0.5, 0.6) is 0 Å². The molecule has 1 N–H and O–H groups in total. The van der Waals surface area contributed by atoms with Gasteiger partial charge in [-0.25, -0.2) is 0 Å². The summed E-state index contributed by atoms with van der Waals surface area (Å²) in [6.07, 6.45) is 0.972. The molecule has 1 aromatic heterocycles. The zero-order valence-corrected chi connectivity index (χ0v) is 13.3. The van der Waals surface area contributed by atoms with Gasteiger partial charge in [0.2, 0.25) is 0 Å². The quantitative estimate of drug-likeness (QED) is 0.734. The number of nitrogens with one attached hydrogen (secondary N) is 1. The highest BCUT2D eigenvalue weighted by Gasteiger charge is 2.18. The lowest BCUT2D eigenvalue weighted by molar-refractivity contribution is -0.153. The molecule has 0 radical (unpaired) electrons. The van der Waals surface area contributed by atoms with Crippen molar-refractivity contribution in [3.05, 3.63) is 66.9 Å². The zero-order valence-electron chi connectivity index (χ0n) is 13.3. The van der Waals surface area contributed by atoms with Crippen LogP contribution in [0.4, 0.5) is 5.69 Å². The summed E-state index contributed by atoms with van der Waals surface area (Å²) in [6, 6.07) is 18.8. The van der Waals surface area contributed by atoms with E-state index in [0.29, 0.717) is 5.69 Å². The molecule has 2 aromatic carbocycles. The number of ether oxygens (including phenoxy) is 1. The molecule has 0 bridgehead atoms. The van der Waals surface area contributed by atoms with Crippen molar-refractivity contribution in [2.75, 3.05) is 5.32 Å². The molecule has 3 aromatic rings.